The van der Waals surface area contributed by atoms with Crippen LogP contribution in [0.2, 0.25) is 0 Å². The first-order valence-electron chi connectivity index (χ1n) is 11.9. The fourth-order valence-corrected chi connectivity index (χ4v) is 3.22. The molecule has 4 amide bonds. The molecule has 0 saturated heterocycles. The number of hydrogen-bond donors (Lipinski definition) is 8. The minimum Gasteiger partial charge on any atom is -0.481 e. The summed E-state index contributed by atoms with van der Waals surface area (Å²) in [7, 11) is 0. The van der Waals surface area contributed by atoms with Crippen LogP contribution in [0.1, 0.15) is 65.2 Å². The van der Waals surface area contributed by atoms with Crippen molar-refractivity contribution in [1.82, 2.24) is 16.0 Å². The Morgan fingerprint density at radius 1 is 0.806 bits per heavy atom. The molecule has 5 unspecified atom stereocenters. The zero-order valence-electron chi connectivity index (χ0n) is 20.8. The van der Waals surface area contributed by atoms with Gasteiger partial charge in [-0.25, -0.2) is 4.79 Å². The summed E-state index contributed by atoms with van der Waals surface area (Å²) in [6.07, 6.45) is 0.643. The third-order valence-electron chi connectivity index (χ3n) is 5.68. The summed E-state index contributed by atoms with van der Waals surface area (Å²) in [5.41, 5.74) is 16.4. The molecule has 11 N–H and O–H groups in total. The molecule has 0 aliphatic heterocycles. The van der Waals surface area contributed by atoms with Crippen molar-refractivity contribution in [2.75, 3.05) is 6.54 Å². The van der Waals surface area contributed by atoms with Gasteiger partial charge in [-0.3, -0.25) is 24.0 Å². The Hall–Kier alpha value is -3.26. The van der Waals surface area contributed by atoms with Gasteiger partial charge in [0.2, 0.25) is 23.6 Å². The number of carbonyl (C=O) groups excluding carboxylic acids is 4. The van der Waals surface area contributed by atoms with E-state index >= 15 is 0 Å². The molecule has 0 aliphatic rings. The summed E-state index contributed by atoms with van der Waals surface area (Å²) in [6.45, 7) is 3.79. The van der Waals surface area contributed by atoms with Crippen LogP contribution >= 0.6 is 0 Å². The maximum Gasteiger partial charge on any atom is 0.326 e. The quantitative estimate of drug-likeness (QED) is 0.0889. The van der Waals surface area contributed by atoms with Crippen LogP contribution in [0.5, 0.6) is 0 Å². The Kier molecular flexibility index (Phi) is 15.7. The Bertz CT molecular complexity index is 778. The van der Waals surface area contributed by atoms with Crippen molar-refractivity contribution in [2.45, 2.75) is 89.4 Å². The lowest BCUT2D eigenvalue weighted by Crippen LogP contribution is -2.57. The summed E-state index contributed by atoms with van der Waals surface area (Å²) in [4.78, 5) is 71.9. The Labute approximate surface area is 210 Å². The average molecular weight is 517 g/mol. The van der Waals surface area contributed by atoms with Crippen molar-refractivity contribution >= 4 is 35.6 Å². The normalized spacial score (nSPS) is 15.0. The van der Waals surface area contributed by atoms with E-state index in [-0.39, 0.29) is 38.0 Å². The number of nitrogens with one attached hydrogen (secondary N) is 3. The van der Waals surface area contributed by atoms with Crippen molar-refractivity contribution in [1.29, 1.82) is 0 Å². The van der Waals surface area contributed by atoms with Crippen LogP contribution in [0, 0.1) is 5.92 Å². The topological polar surface area (TPSA) is 257 Å². The average Bonchev–Trinajstić information content (AvgIpc) is 2.81. The molecule has 0 aromatic rings. The van der Waals surface area contributed by atoms with Gasteiger partial charge in [-0.2, -0.15) is 0 Å². The molecular weight excluding hydrogens is 476 g/mol. The van der Waals surface area contributed by atoms with Crippen LogP contribution in [-0.4, -0.2) is 76.5 Å². The molecule has 36 heavy (non-hydrogen) atoms. The van der Waals surface area contributed by atoms with E-state index < -0.39 is 59.7 Å². The van der Waals surface area contributed by atoms with Gasteiger partial charge in [0, 0.05) is 12.8 Å². The van der Waals surface area contributed by atoms with Crippen LogP contribution < -0.4 is 33.2 Å². The number of unbranched alkanes of at least 4 members (excludes halogenated alkanes) is 1. The summed E-state index contributed by atoms with van der Waals surface area (Å²) < 4.78 is 0. The molecule has 0 radical (unpaired) electrons. The van der Waals surface area contributed by atoms with Crippen LogP contribution in [0.25, 0.3) is 0 Å². The molecule has 0 heterocycles. The van der Waals surface area contributed by atoms with Crippen LogP contribution in [-0.2, 0) is 28.8 Å². The number of carboxylic acid groups (broad SMARTS) is 2. The summed E-state index contributed by atoms with van der Waals surface area (Å²) in [6, 6.07) is -4.83. The first-order chi connectivity index (χ1) is 16.8. The Morgan fingerprint density at radius 2 is 1.36 bits per heavy atom. The molecule has 0 fully saturated rings. The van der Waals surface area contributed by atoms with Crippen LogP contribution in [0.4, 0.5) is 0 Å². The minimum absolute atomic E-state index is 0.149. The van der Waals surface area contributed by atoms with Crippen LogP contribution in [0.15, 0.2) is 0 Å². The molecule has 206 valence electrons. The lowest BCUT2D eigenvalue weighted by molar-refractivity contribution is -0.144. The van der Waals surface area contributed by atoms with Gasteiger partial charge in [0.25, 0.3) is 0 Å². The van der Waals surface area contributed by atoms with E-state index in [1.807, 2.05) is 0 Å². The standard InChI is InChI=1S/C22H40N6O8/c1-3-12(2)18(22(35)36)28-21(34)14(6-4-5-11-23)27-20(33)15(8-9-16(25)29)26-19(32)13(24)7-10-17(30)31/h12-15,18H,3-11,23-24H2,1-2H3,(H2,25,29)(H,26,32)(H,27,33)(H,28,34)(H,30,31)(H,35,36). The van der Waals surface area contributed by atoms with Gasteiger partial charge in [0.1, 0.15) is 18.1 Å². The molecule has 14 heteroatoms. The molecule has 0 aromatic carbocycles. The lowest BCUT2D eigenvalue weighted by Gasteiger charge is -2.26. The number of rotatable bonds is 19. The Balaban J connectivity index is 5.61. The zero-order valence-corrected chi connectivity index (χ0v) is 20.8. The lowest BCUT2D eigenvalue weighted by atomic mass is 9.98. The van der Waals surface area contributed by atoms with Gasteiger partial charge in [-0.1, -0.05) is 20.3 Å². The first-order valence-corrected chi connectivity index (χ1v) is 11.9. The van der Waals surface area contributed by atoms with Gasteiger partial charge in [0.05, 0.1) is 6.04 Å². The van der Waals surface area contributed by atoms with E-state index in [0.717, 1.165) is 0 Å². The smallest absolute Gasteiger partial charge is 0.326 e. The third-order valence-corrected chi connectivity index (χ3v) is 5.68. The van der Waals surface area contributed by atoms with Gasteiger partial charge < -0.3 is 43.4 Å². The molecular formula is C22H40N6O8. The molecule has 14 nitrogen and oxygen atoms in total. The number of primary amides is 1. The molecule has 0 spiro atoms. The third kappa shape index (κ3) is 13.0. The predicted molar refractivity (Wildman–Crippen MR) is 129 cm³/mol. The summed E-state index contributed by atoms with van der Waals surface area (Å²) in [5.74, 6) is -5.80. The molecule has 0 rings (SSSR count). The summed E-state index contributed by atoms with van der Waals surface area (Å²) >= 11 is 0. The van der Waals surface area contributed by atoms with Crippen molar-refractivity contribution in [3.63, 3.8) is 0 Å². The fraction of sp³-hybridized carbons (Fsp3) is 0.727. The highest BCUT2D eigenvalue weighted by atomic mass is 16.4. The van der Waals surface area contributed by atoms with Gasteiger partial charge in [-0.05, 0) is 44.6 Å². The monoisotopic (exact) mass is 516 g/mol. The van der Waals surface area contributed by atoms with Gasteiger partial charge in [0.15, 0.2) is 0 Å². The van der Waals surface area contributed by atoms with Crippen molar-refractivity contribution in [3.8, 4) is 0 Å². The molecule has 0 aromatic heterocycles. The van der Waals surface area contributed by atoms with E-state index in [9.17, 15) is 33.9 Å². The van der Waals surface area contributed by atoms with Crippen molar-refractivity contribution < 1.29 is 39.0 Å². The number of aliphatic carboxylic acids is 2. The minimum atomic E-state index is -1.30. The van der Waals surface area contributed by atoms with E-state index in [2.05, 4.69) is 16.0 Å². The number of nitrogens with two attached hydrogens (primary N) is 3. The largest absolute Gasteiger partial charge is 0.481 e. The number of amides is 4. The zero-order chi connectivity index (χ0) is 27.8. The maximum atomic E-state index is 13.0. The number of hydrogen-bond acceptors (Lipinski definition) is 8. The SMILES string of the molecule is CCC(C)C(NC(=O)C(CCCCN)NC(=O)C(CCC(N)=O)NC(=O)C(N)CCC(=O)O)C(=O)O. The number of carbonyl (C=O) groups is 6. The first kappa shape index (κ1) is 32.7. The highest BCUT2D eigenvalue weighted by molar-refractivity contribution is 5.94. The number of carboxylic acids is 2. The molecule has 0 bridgehead atoms. The highest BCUT2D eigenvalue weighted by Crippen LogP contribution is 2.10. The fourth-order valence-electron chi connectivity index (χ4n) is 3.22. The van der Waals surface area contributed by atoms with E-state index in [1.54, 1.807) is 13.8 Å². The highest BCUT2D eigenvalue weighted by Gasteiger charge is 2.31. The second-order valence-electron chi connectivity index (χ2n) is 8.66. The van der Waals surface area contributed by atoms with Gasteiger partial charge in [-0.15, -0.1) is 0 Å². The molecule has 0 aliphatic carbocycles. The molecule has 0 saturated carbocycles. The second kappa shape index (κ2) is 17.2. The van der Waals surface area contributed by atoms with E-state index in [1.165, 1.54) is 0 Å². The molecule has 5 atom stereocenters. The van der Waals surface area contributed by atoms with Crippen molar-refractivity contribution in [3.05, 3.63) is 0 Å². The maximum absolute atomic E-state index is 13.0. The van der Waals surface area contributed by atoms with Crippen LogP contribution in [0.3, 0.4) is 0 Å². The van der Waals surface area contributed by atoms with Crippen molar-refractivity contribution in [2.24, 2.45) is 23.1 Å². The van der Waals surface area contributed by atoms with E-state index in [4.69, 9.17) is 22.3 Å². The predicted octanol–water partition coefficient (Wildman–Crippen LogP) is -1.84. The van der Waals surface area contributed by atoms with E-state index in [0.29, 0.717) is 25.8 Å². The summed E-state index contributed by atoms with van der Waals surface area (Å²) in [5, 5.41) is 25.6. The van der Waals surface area contributed by atoms with Gasteiger partial charge >= 0.3 is 11.9 Å². The second-order valence-corrected chi connectivity index (χ2v) is 8.66. The Morgan fingerprint density at radius 3 is 1.86 bits per heavy atom.